The highest BCUT2D eigenvalue weighted by Gasteiger charge is 2.39. The standard InChI is InChI=1S/C9H14N2O/c1-3-9(2)6-11(7-9)8(12)4-5-10/h3-4,6-7H2,1-2H3. The van der Waals surface area contributed by atoms with Crippen molar-refractivity contribution in [2.75, 3.05) is 13.1 Å². The largest absolute Gasteiger partial charge is 0.341 e. The maximum atomic E-state index is 11.1. The summed E-state index contributed by atoms with van der Waals surface area (Å²) in [5.74, 6) is -0.0246. The molecule has 12 heavy (non-hydrogen) atoms. The van der Waals surface area contributed by atoms with Crippen LogP contribution in [0.25, 0.3) is 0 Å². The fraction of sp³-hybridized carbons (Fsp3) is 0.778. The lowest BCUT2D eigenvalue weighted by atomic mass is 9.79. The lowest BCUT2D eigenvalue weighted by Crippen LogP contribution is -2.56. The Morgan fingerprint density at radius 3 is 2.67 bits per heavy atom. The van der Waals surface area contributed by atoms with E-state index in [1.165, 1.54) is 0 Å². The first-order valence-corrected chi connectivity index (χ1v) is 4.26. The molecule has 3 nitrogen and oxygen atoms in total. The number of hydrogen-bond acceptors (Lipinski definition) is 2. The summed E-state index contributed by atoms with van der Waals surface area (Å²) in [5.41, 5.74) is 0.311. The molecule has 0 radical (unpaired) electrons. The lowest BCUT2D eigenvalue weighted by molar-refractivity contribution is -0.141. The average Bonchev–Trinajstić information content (AvgIpc) is 1.99. The zero-order valence-corrected chi connectivity index (χ0v) is 7.63. The fourth-order valence-corrected chi connectivity index (χ4v) is 1.45. The van der Waals surface area contributed by atoms with Crippen LogP contribution in [0.5, 0.6) is 0 Å². The van der Waals surface area contributed by atoms with Gasteiger partial charge in [0.1, 0.15) is 6.42 Å². The number of amides is 1. The highest BCUT2D eigenvalue weighted by Crippen LogP contribution is 2.32. The molecule has 1 heterocycles. The maximum Gasteiger partial charge on any atom is 0.236 e. The van der Waals surface area contributed by atoms with Gasteiger partial charge in [0.15, 0.2) is 0 Å². The first kappa shape index (κ1) is 9.05. The molecule has 0 aromatic carbocycles. The van der Waals surface area contributed by atoms with E-state index >= 15 is 0 Å². The van der Waals surface area contributed by atoms with E-state index in [2.05, 4.69) is 13.8 Å². The molecule has 1 rings (SSSR count). The Morgan fingerprint density at radius 1 is 1.67 bits per heavy atom. The molecule has 1 amide bonds. The monoisotopic (exact) mass is 166 g/mol. The summed E-state index contributed by atoms with van der Waals surface area (Å²) in [6.07, 6.45) is 1.13. The third-order valence-corrected chi connectivity index (χ3v) is 2.58. The highest BCUT2D eigenvalue weighted by atomic mass is 16.2. The van der Waals surface area contributed by atoms with Crippen LogP contribution < -0.4 is 0 Å². The van der Waals surface area contributed by atoms with Gasteiger partial charge in [-0.3, -0.25) is 4.79 Å². The summed E-state index contributed by atoms with van der Waals surface area (Å²) < 4.78 is 0. The molecule has 1 saturated heterocycles. The van der Waals surface area contributed by atoms with Gasteiger partial charge in [-0.05, 0) is 6.42 Å². The normalized spacial score (nSPS) is 19.6. The molecule has 0 aromatic rings. The number of nitrogens with zero attached hydrogens (tertiary/aromatic N) is 2. The molecule has 0 aliphatic carbocycles. The van der Waals surface area contributed by atoms with Crippen LogP contribution in [0.4, 0.5) is 0 Å². The third-order valence-electron chi connectivity index (χ3n) is 2.58. The van der Waals surface area contributed by atoms with Gasteiger partial charge in [0, 0.05) is 18.5 Å². The Kier molecular flexibility index (Phi) is 2.37. The Labute approximate surface area is 73.0 Å². The van der Waals surface area contributed by atoms with Crippen molar-refractivity contribution in [3.05, 3.63) is 0 Å². The predicted octanol–water partition coefficient (Wildman–Crippen LogP) is 1.16. The summed E-state index contributed by atoms with van der Waals surface area (Å²) in [5, 5.41) is 8.29. The molecule has 3 heteroatoms. The molecule has 66 valence electrons. The highest BCUT2D eigenvalue weighted by molar-refractivity contribution is 5.79. The smallest absolute Gasteiger partial charge is 0.236 e. The van der Waals surface area contributed by atoms with E-state index in [1.54, 1.807) is 4.90 Å². The van der Waals surface area contributed by atoms with Gasteiger partial charge in [-0.15, -0.1) is 0 Å². The molecule has 0 bridgehead atoms. The van der Waals surface area contributed by atoms with Crippen molar-refractivity contribution in [2.24, 2.45) is 5.41 Å². The van der Waals surface area contributed by atoms with Gasteiger partial charge in [-0.25, -0.2) is 0 Å². The number of likely N-dealkylation sites (tertiary alicyclic amines) is 1. The molecule has 1 aliphatic heterocycles. The van der Waals surface area contributed by atoms with Gasteiger partial charge in [0.05, 0.1) is 6.07 Å². The minimum absolute atomic E-state index is 0.0246. The van der Waals surface area contributed by atoms with Crippen LogP contribution in [0.2, 0.25) is 0 Å². The Hall–Kier alpha value is -1.04. The summed E-state index contributed by atoms with van der Waals surface area (Å²) >= 11 is 0. The molecule has 0 unspecified atom stereocenters. The van der Waals surface area contributed by atoms with Crippen molar-refractivity contribution in [2.45, 2.75) is 26.7 Å². The van der Waals surface area contributed by atoms with Crippen molar-refractivity contribution in [3.63, 3.8) is 0 Å². The first-order chi connectivity index (χ1) is 5.61. The second kappa shape index (κ2) is 3.14. The van der Waals surface area contributed by atoms with Crippen molar-refractivity contribution < 1.29 is 4.79 Å². The minimum Gasteiger partial charge on any atom is -0.341 e. The maximum absolute atomic E-state index is 11.1. The van der Waals surface area contributed by atoms with Gasteiger partial charge < -0.3 is 4.90 Å². The quantitative estimate of drug-likeness (QED) is 0.617. The number of hydrogen-bond donors (Lipinski definition) is 0. The molecule has 1 fully saturated rings. The van der Waals surface area contributed by atoms with Crippen LogP contribution in [-0.4, -0.2) is 23.9 Å². The summed E-state index contributed by atoms with van der Waals surface area (Å²) in [4.78, 5) is 12.9. The minimum atomic E-state index is -0.0246. The van der Waals surface area contributed by atoms with Crippen LogP contribution in [0.3, 0.4) is 0 Å². The van der Waals surface area contributed by atoms with Gasteiger partial charge in [0.2, 0.25) is 5.91 Å². The van der Waals surface area contributed by atoms with Gasteiger partial charge >= 0.3 is 0 Å². The molecule has 0 saturated carbocycles. The van der Waals surface area contributed by atoms with E-state index in [0.717, 1.165) is 19.5 Å². The molecular formula is C9H14N2O. The molecule has 0 aromatic heterocycles. The van der Waals surface area contributed by atoms with E-state index in [0.29, 0.717) is 5.41 Å². The van der Waals surface area contributed by atoms with Gasteiger partial charge in [0.25, 0.3) is 0 Å². The van der Waals surface area contributed by atoms with Gasteiger partial charge in [-0.1, -0.05) is 13.8 Å². The van der Waals surface area contributed by atoms with E-state index in [9.17, 15) is 4.79 Å². The fourth-order valence-electron chi connectivity index (χ4n) is 1.45. The van der Waals surface area contributed by atoms with Crippen molar-refractivity contribution in [3.8, 4) is 6.07 Å². The van der Waals surface area contributed by atoms with Crippen molar-refractivity contribution in [1.29, 1.82) is 5.26 Å². The summed E-state index contributed by atoms with van der Waals surface area (Å²) in [7, 11) is 0. The first-order valence-electron chi connectivity index (χ1n) is 4.26. The van der Waals surface area contributed by atoms with Crippen LogP contribution >= 0.6 is 0 Å². The van der Waals surface area contributed by atoms with E-state index in [4.69, 9.17) is 5.26 Å². The van der Waals surface area contributed by atoms with Crippen molar-refractivity contribution in [1.82, 2.24) is 4.90 Å². The zero-order valence-electron chi connectivity index (χ0n) is 7.63. The van der Waals surface area contributed by atoms with E-state index in [1.807, 2.05) is 6.07 Å². The predicted molar refractivity (Wildman–Crippen MR) is 45.2 cm³/mol. The van der Waals surface area contributed by atoms with Crippen LogP contribution in [0, 0.1) is 16.7 Å². The number of carbonyl (C=O) groups is 1. The molecular weight excluding hydrogens is 152 g/mol. The van der Waals surface area contributed by atoms with E-state index in [-0.39, 0.29) is 12.3 Å². The van der Waals surface area contributed by atoms with Crippen molar-refractivity contribution >= 4 is 5.91 Å². The molecule has 0 spiro atoms. The second-order valence-corrected chi connectivity index (χ2v) is 3.75. The van der Waals surface area contributed by atoms with Crippen LogP contribution in [-0.2, 0) is 4.79 Å². The average molecular weight is 166 g/mol. The summed E-state index contributed by atoms with van der Waals surface area (Å²) in [6.45, 7) is 5.95. The van der Waals surface area contributed by atoms with Crippen LogP contribution in [0.15, 0.2) is 0 Å². The second-order valence-electron chi connectivity index (χ2n) is 3.75. The SMILES string of the molecule is CCC1(C)CN(C(=O)CC#N)C1. The Balaban J connectivity index is 2.35. The zero-order chi connectivity index (χ0) is 9.19. The van der Waals surface area contributed by atoms with Gasteiger partial charge in [-0.2, -0.15) is 5.26 Å². The Morgan fingerprint density at radius 2 is 2.25 bits per heavy atom. The number of rotatable bonds is 2. The number of carbonyl (C=O) groups excluding carboxylic acids is 1. The third kappa shape index (κ3) is 1.58. The van der Waals surface area contributed by atoms with Crippen LogP contribution in [0.1, 0.15) is 26.7 Å². The summed E-state index contributed by atoms with van der Waals surface area (Å²) in [6, 6.07) is 1.87. The Bertz CT molecular complexity index is 223. The topological polar surface area (TPSA) is 44.1 Å². The van der Waals surface area contributed by atoms with E-state index < -0.39 is 0 Å². The molecule has 0 atom stereocenters. The molecule has 0 N–H and O–H groups in total. The number of nitriles is 1. The lowest BCUT2D eigenvalue weighted by Gasteiger charge is -2.47. The molecule has 1 aliphatic rings.